The summed E-state index contributed by atoms with van der Waals surface area (Å²) in [5.74, 6) is -0.755. The smallest absolute Gasteiger partial charge is 0.462 e. The van der Waals surface area contributed by atoms with Crippen molar-refractivity contribution in [1.82, 2.24) is 0 Å². The molecule has 0 atom stereocenters. The van der Waals surface area contributed by atoms with E-state index in [4.69, 9.17) is 4.74 Å². The molecule has 1 aliphatic carbocycles. The van der Waals surface area contributed by atoms with Crippen molar-refractivity contribution in [3.05, 3.63) is 76.4 Å². The number of fused-ring (bicyclic) bond motifs is 1. The van der Waals surface area contributed by atoms with Crippen LogP contribution < -0.4 is 0 Å². The van der Waals surface area contributed by atoms with Gasteiger partial charge in [-0.05, 0) is 59.7 Å². The Hall–Kier alpha value is -3.07. The summed E-state index contributed by atoms with van der Waals surface area (Å²) in [6.45, 7) is 5.83. The van der Waals surface area contributed by atoms with Crippen molar-refractivity contribution in [1.29, 1.82) is 0 Å². The third-order valence-electron chi connectivity index (χ3n) is 5.21. The number of carbonyl (C=O) groups is 1. The van der Waals surface area contributed by atoms with Gasteiger partial charge in [0.05, 0.1) is 12.2 Å². The van der Waals surface area contributed by atoms with Gasteiger partial charge in [-0.3, -0.25) is 0 Å². The van der Waals surface area contributed by atoms with E-state index in [-0.39, 0.29) is 12.4 Å². The van der Waals surface area contributed by atoms with Crippen molar-refractivity contribution in [3.63, 3.8) is 0 Å². The van der Waals surface area contributed by atoms with E-state index in [0.29, 0.717) is 28.7 Å². The topological polar surface area (TPSA) is 69.7 Å². The quantitative estimate of drug-likeness (QED) is 0.222. The van der Waals surface area contributed by atoms with Gasteiger partial charge in [-0.15, -0.1) is 0 Å². The fraction of sp³-hybridized carbons (Fsp3) is 0.292. The van der Waals surface area contributed by atoms with Gasteiger partial charge in [0.1, 0.15) is 5.76 Å². The highest BCUT2D eigenvalue weighted by atomic mass is 32.2. The number of rotatable bonds is 6. The Morgan fingerprint density at radius 2 is 1.67 bits per heavy atom. The highest BCUT2D eigenvalue weighted by Gasteiger charge is 2.49. The van der Waals surface area contributed by atoms with Crippen LogP contribution in [0.4, 0.5) is 13.2 Å². The molecule has 0 radical (unpaired) electrons. The lowest BCUT2D eigenvalue weighted by atomic mass is 9.75. The molecule has 0 spiro atoms. The molecule has 0 saturated heterocycles. The molecule has 0 fully saturated rings. The molecule has 0 unspecified atom stereocenters. The minimum atomic E-state index is -5.78. The maximum absolute atomic E-state index is 12.8. The van der Waals surface area contributed by atoms with Crippen molar-refractivity contribution >= 4 is 34.0 Å². The number of halogens is 3. The first kappa shape index (κ1) is 24.6. The Balaban J connectivity index is 1.90. The Morgan fingerprint density at radius 1 is 1.06 bits per heavy atom. The molecule has 0 amide bonds. The van der Waals surface area contributed by atoms with E-state index in [9.17, 15) is 26.4 Å². The highest BCUT2D eigenvalue weighted by Crippen LogP contribution is 2.41. The molecule has 5 nitrogen and oxygen atoms in total. The minimum absolute atomic E-state index is 0.278. The normalized spacial score (nSPS) is 15.6. The molecule has 0 heterocycles. The number of hydrogen-bond acceptors (Lipinski definition) is 5. The van der Waals surface area contributed by atoms with Crippen molar-refractivity contribution in [2.45, 2.75) is 38.1 Å². The molecule has 176 valence electrons. The van der Waals surface area contributed by atoms with Crippen LogP contribution in [-0.4, -0.2) is 26.5 Å². The van der Waals surface area contributed by atoms with Gasteiger partial charge in [-0.25, -0.2) is 4.79 Å². The first-order valence-electron chi connectivity index (χ1n) is 10.1. The zero-order chi connectivity index (χ0) is 24.4. The maximum atomic E-state index is 12.8. The largest absolute Gasteiger partial charge is 0.534 e. The molecule has 33 heavy (non-hydrogen) atoms. The fourth-order valence-corrected chi connectivity index (χ4v) is 3.90. The number of alkyl halides is 3. The number of esters is 1. The maximum Gasteiger partial charge on any atom is 0.534 e. The summed E-state index contributed by atoms with van der Waals surface area (Å²) in [4.78, 5) is 11.7. The number of carbonyl (C=O) groups excluding carboxylic acids is 1. The van der Waals surface area contributed by atoms with Crippen molar-refractivity contribution in [2.24, 2.45) is 0 Å². The molecule has 0 aliphatic heterocycles. The summed E-state index contributed by atoms with van der Waals surface area (Å²) < 4.78 is 71.1. The standard InChI is InChI=1S/C24H23F3O5S/c1-4-31-22(28)18-10-7-16(8-11-18)5-6-17-9-12-20-19(15-17)21(13-14-23(20,2)3)32-33(29,30)24(25,26)27/h5-13,15H,4,14H2,1-3H3. The lowest BCUT2D eigenvalue weighted by Crippen LogP contribution is -2.27. The average Bonchev–Trinajstić information content (AvgIpc) is 2.74. The molecule has 2 aromatic rings. The Morgan fingerprint density at radius 3 is 2.27 bits per heavy atom. The highest BCUT2D eigenvalue weighted by molar-refractivity contribution is 7.87. The lowest BCUT2D eigenvalue weighted by Gasteiger charge is -2.31. The van der Waals surface area contributed by atoms with Crippen LogP contribution in [0.2, 0.25) is 0 Å². The summed E-state index contributed by atoms with van der Waals surface area (Å²) in [6, 6.07) is 11.9. The van der Waals surface area contributed by atoms with E-state index < -0.39 is 27.0 Å². The van der Waals surface area contributed by atoms with E-state index in [1.165, 1.54) is 6.08 Å². The van der Waals surface area contributed by atoms with Crippen molar-refractivity contribution < 1.29 is 35.3 Å². The van der Waals surface area contributed by atoms with E-state index in [2.05, 4.69) is 4.18 Å². The lowest BCUT2D eigenvalue weighted by molar-refractivity contribution is -0.0509. The molecule has 0 saturated carbocycles. The minimum Gasteiger partial charge on any atom is -0.462 e. The number of ether oxygens (including phenoxy) is 1. The summed E-state index contributed by atoms with van der Waals surface area (Å²) >= 11 is 0. The van der Waals surface area contributed by atoms with Crippen LogP contribution >= 0.6 is 0 Å². The zero-order valence-electron chi connectivity index (χ0n) is 18.3. The predicted octanol–water partition coefficient (Wildman–Crippen LogP) is 5.92. The predicted molar refractivity (Wildman–Crippen MR) is 119 cm³/mol. The van der Waals surface area contributed by atoms with Gasteiger partial charge in [0.2, 0.25) is 0 Å². The fourth-order valence-electron chi connectivity index (χ4n) is 3.41. The first-order chi connectivity index (χ1) is 15.3. The van der Waals surface area contributed by atoms with Crippen LogP contribution in [0.25, 0.3) is 17.9 Å². The molecule has 0 aromatic heterocycles. The van der Waals surface area contributed by atoms with Crippen LogP contribution in [-0.2, 0) is 24.5 Å². The Kier molecular flexibility index (Phi) is 6.74. The molecule has 1 aliphatic rings. The second-order valence-electron chi connectivity index (χ2n) is 8.12. The third-order valence-corrected chi connectivity index (χ3v) is 6.17. The van der Waals surface area contributed by atoms with Gasteiger partial charge >= 0.3 is 21.6 Å². The van der Waals surface area contributed by atoms with E-state index in [1.807, 2.05) is 13.8 Å². The van der Waals surface area contributed by atoms with Crippen LogP contribution in [0.15, 0.2) is 48.5 Å². The molecule has 2 aromatic carbocycles. The second kappa shape index (κ2) is 9.05. The van der Waals surface area contributed by atoms with Crippen LogP contribution in [0.1, 0.15) is 59.8 Å². The number of hydrogen-bond donors (Lipinski definition) is 0. The summed E-state index contributed by atoms with van der Waals surface area (Å²) in [5.41, 5.74) is -3.11. The Bertz CT molecular complexity index is 1210. The van der Waals surface area contributed by atoms with E-state index in [0.717, 1.165) is 5.56 Å². The van der Waals surface area contributed by atoms with Crippen LogP contribution in [0.3, 0.4) is 0 Å². The summed E-state index contributed by atoms with van der Waals surface area (Å²) in [6.07, 6.45) is 5.19. The Labute approximate surface area is 190 Å². The van der Waals surface area contributed by atoms with Gasteiger partial charge in [-0.2, -0.15) is 21.6 Å². The van der Waals surface area contributed by atoms with E-state index in [1.54, 1.807) is 61.5 Å². The average molecular weight is 481 g/mol. The van der Waals surface area contributed by atoms with Gasteiger partial charge in [0, 0.05) is 5.56 Å². The summed E-state index contributed by atoms with van der Waals surface area (Å²) in [7, 11) is -5.78. The third kappa shape index (κ3) is 5.47. The summed E-state index contributed by atoms with van der Waals surface area (Å²) in [5, 5.41) is 0. The van der Waals surface area contributed by atoms with E-state index >= 15 is 0 Å². The monoisotopic (exact) mass is 480 g/mol. The molecule has 0 bridgehead atoms. The zero-order valence-corrected chi connectivity index (χ0v) is 19.1. The molecule has 9 heteroatoms. The van der Waals surface area contributed by atoms with Gasteiger partial charge in [-0.1, -0.05) is 50.3 Å². The first-order valence-corrected chi connectivity index (χ1v) is 11.6. The van der Waals surface area contributed by atoms with Crippen molar-refractivity contribution in [2.75, 3.05) is 6.61 Å². The van der Waals surface area contributed by atoms with Crippen molar-refractivity contribution in [3.8, 4) is 0 Å². The van der Waals surface area contributed by atoms with Crippen LogP contribution in [0, 0.1) is 0 Å². The molecular weight excluding hydrogens is 457 g/mol. The second-order valence-corrected chi connectivity index (χ2v) is 9.66. The molecule has 0 N–H and O–H groups in total. The van der Waals surface area contributed by atoms with Crippen LogP contribution in [0.5, 0.6) is 0 Å². The van der Waals surface area contributed by atoms with Gasteiger partial charge in [0.15, 0.2) is 0 Å². The van der Waals surface area contributed by atoms with Gasteiger partial charge in [0.25, 0.3) is 0 Å². The van der Waals surface area contributed by atoms with Gasteiger partial charge < -0.3 is 8.92 Å². The molecule has 3 rings (SSSR count). The number of benzene rings is 2. The SMILES string of the molecule is CCOC(=O)c1ccc(C=Cc2ccc3c(c2)C(OS(=O)(=O)C(F)(F)F)=CCC3(C)C)cc1. The number of allylic oxidation sites excluding steroid dienone is 1. The molecular formula is C24H23F3O5S.